The second kappa shape index (κ2) is 32.3. The number of nitrogens with zero attached hydrogens (tertiary/aromatic N) is 5. The number of rotatable bonds is 32. The third kappa shape index (κ3) is 22.7. The van der Waals surface area contributed by atoms with Gasteiger partial charge in [-0.05, 0) is 124 Å². The Morgan fingerprint density at radius 3 is 1.70 bits per heavy atom. The van der Waals surface area contributed by atoms with E-state index in [1.165, 1.54) is 36.4 Å². The number of nitrogens with two attached hydrogens (primary N) is 5. The number of carbonyl (C=O) groups is 8. The number of primary amides is 1. The number of amides is 8. The SMILES string of the molecule is CC(C)C[C@H](NC(=O)[C@H](CCCN=C(N)N)NC(=O)c1ccc(N=Nc2ccc(N(C)C)cc2)cc1)C(=O)N[C@@H](CCCN=C(N)N)C(=O)NCC(=O)NCC(=O)NCCCC[C@H](NC(=O)c1cc2ccc(O)cc2oc1=O)C(N)=O. The molecule has 0 spiro atoms. The Hall–Kier alpha value is -9.63. The predicted molar refractivity (Wildman–Crippen MR) is 303 cm³/mol. The second-order valence-corrected chi connectivity index (χ2v) is 19.3. The van der Waals surface area contributed by atoms with Crippen molar-refractivity contribution in [2.24, 2.45) is 54.8 Å². The summed E-state index contributed by atoms with van der Waals surface area (Å²) in [6.45, 7) is 2.91. The maximum Gasteiger partial charge on any atom is 0.349 e. The van der Waals surface area contributed by atoms with E-state index in [4.69, 9.17) is 33.1 Å². The van der Waals surface area contributed by atoms with Crippen LogP contribution in [0, 0.1) is 5.92 Å². The summed E-state index contributed by atoms with van der Waals surface area (Å²) < 4.78 is 5.12. The molecular formula is C53H73N17O11. The Labute approximate surface area is 467 Å². The van der Waals surface area contributed by atoms with Crippen molar-refractivity contribution >= 4 is 87.2 Å². The third-order valence-electron chi connectivity index (χ3n) is 12.0. The van der Waals surface area contributed by atoms with Crippen molar-refractivity contribution in [3.63, 3.8) is 0 Å². The summed E-state index contributed by atoms with van der Waals surface area (Å²) in [6, 6.07) is 14.2. The number of hydrogen-bond acceptors (Lipinski definition) is 16. The average Bonchev–Trinajstić information content (AvgIpc) is 3.46. The van der Waals surface area contributed by atoms with Crippen molar-refractivity contribution in [2.45, 2.75) is 89.4 Å². The molecule has 0 fully saturated rings. The Morgan fingerprint density at radius 2 is 1.12 bits per heavy atom. The molecule has 0 aliphatic rings. The standard InChI is InChI=1S/C53H73N17O11/c1-30(2)25-41(67-49(78)40(11-8-24-61-53(57)58)65-46(75)31-12-15-33(16-13-31)68-69-34-17-19-35(20-18-34)70(3)4)50(79)66-39(10-7-23-60-52(55)56)48(77)63-29-44(73)62-28-43(72)59-22-6-5-9-38(45(54)74)64-47(76)37-26-32-14-21-36(71)27-42(32)81-51(37)80/h12-21,26-27,30,38-41,71H,5-11,22-25,28-29H2,1-4H3,(H2,54,74)(H,59,72)(H,62,73)(H,63,77)(H,64,76)(H,65,75)(H,66,79)(H,67,78)(H4,55,56,60)(H4,57,58,61)/t38-,39-,40-,41-/m0/s1. The molecule has 4 aromatic rings. The number of phenolic OH excluding ortho intramolecular Hbond substituents is 1. The van der Waals surface area contributed by atoms with E-state index in [1.54, 1.807) is 12.1 Å². The van der Waals surface area contributed by atoms with Gasteiger partial charge in [0.15, 0.2) is 11.9 Å². The number of unbranched alkanes of at least 4 members (excludes halogenated alkanes) is 1. The number of nitrogens with one attached hydrogen (secondary N) is 7. The lowest BCUT2D eigenvalue weighted by molar-refractivity contribution is -0.133. The van der Waals surface area contributed by atoms with Crippen LogP contribution in [0.4, 0.5) is 17.1 Å². The van der Waals surface area contributed by atoms with Gasteiger partial charge >= 0.3 is 5.63 Å². The average molecular weight is 1120 g/mol. The Morgan fingerprint density at radius 1 is 0.593 bits per heavy atom. The van der Waals surface area contributed by atoms with Gasteiger partial charge in [-0.1, -0.05) is 13.8 Å². The van der Waals surface area contributed by atoms with Gasteiger partial charge in [-0.15, -0.1) is 0 Å². The smallest absolute Gasteiger partial charge is 0.349 e. The molecule has 1 heterocycles. The lowest BCUT2D eigenvalue weighted by atomic mass is 10.0. The van der Waals surface area contributed by atoms with Crippen LogP contribution in [0.3, 0.4) is 0 Å². The first-order valence-electron chi connectivity index (χ1n) is 26.0. The molecular weight excluding hydrogens is 1050 g/mol. The van der Waals surface area contributed by atoms with Crippen LogP contribution in [0.25, 0.3) is 11.0 Å². The van der Waals surface area contributed by atoms with Gasteiger partial charge in [-0.2, -0.15) is 10.2 Å². The van der Waals surface area contributed by atoms with E-state index in [0.29, 0.717) is 29.6 Å². The Balaban J connectivity index is 1.31. The van der Waals surface area contributed by atoms with E-state index in [1.807, 2.05) is 57.1 Å². The molecule has 0 bridgehead atoms. The molecule has 1 aromatic heterocycles. The molecule has 18 N–H and O–H groups in total. The van der Waals surface area contributed by atoms with Gasteiger partial charge in [0.2, 0.25) is 35.4 Å². The van der Waals surface area contributed by atoms with Gasteiger partial charge in [-0.25, -0.2) is 4.79 Å². The van der Waals surface area contributed by atoms with Crippen molar-refractivity contribution in [3.8, 4) is 5.75 Å². The summed E-state index contributed by atoms with van der Waals surface area (Å²) in [4.78, 5) is 128. The molecule has 0 unspecified atom stereocenters. The molecule has 4 rings (SSSR count). The highest BCUT2D eigenvalue weighted by Gasteiger charge is 2.31. The first-order valence-corrected chi connectivity index (χ1v) is 26.0. The minimum Gasteiger partial charge on any atom is -0.508 e. The summed E-state index contributed by atoms with van der Waals surface area (Å²) in [7, 11) is 3.85. The summed E-state index contributed by atoms with van der Waals surface area (Å²) in [5.41, 5.74) is 28.5. The fraction of sp³-hybridized carbons (Fsp3) is 0.415. The van der Waals surface area contributed by atoms with Crippen LogP contribution in [-0.2, 0) is 28.8 Å². The number of azo groups is 1. The number of benzene rings is 3. The summed E-state index contributed by atoms with van der Waals surface area (Å²) >= 11 is 0. The van der Waals surface area contributed by atoms with E-state index < -0.39 is 90.1 Å². The van der Waals surface area contributed by atoms with E-state index in [0.717, 1.165) is 5.69 Å². The lowest BCUT2D eigenvalue weighted by Gasteiger charge is -2.26. The van der Waals surface area contributed by atoms with Gasteiger partial charge < -0.3 is 80.3 Å². The molecule has 436 valence electrons. The fourth-order valence-corrected chi connectivity index (χ4v) is 7.72. The van der Waals surface area contributed by atoms with Crippen molar-refractivity contribution in [2.75, 3.05) is 51.7 Å². The molecule has 4 atom stereocenters. The molecule has 3 aromatic carbocycles. The first-order chi connectivity index (χ1) is 38.5. The van der Waals surface area contributed by atoms with Crippen LogP contribution < -0.4 is 76.4 Å². The number of phenols is 1. The van der Waals surface area contributed by atoms with Crippen molar-refractivity contribution in [3.05, 3.63) is 94.3 Å². The Bertz CT molecular complexity index is 2970. The minimum absolute atomic E-state index is 0.00467. The summed E-state index contributed by atoms with van der Waals surface area (Å²) in [6.07, 6.45) is 1.33. The Kier molecular flexibility index (Phi) is 25.5. The van der Waals surface area contributed by atoms with Gasteiger partial charge in [0.05, 0.1) is 24.5 Å². The van der Waals surface area contributed by atoms with Crippen LogP contribution in [-0.4, -0.2) is 135 Å². The predicted octanol–water partition coefficient (Wildman–Crippen LogP) is 0.00410. The number of anilines is 1. The lowest BCUT2D eigenvalue weighted by Crippen LogP contribution is -2.57. The van der Waals surface area contributed by atoms with Gasteiger partial charge in [0, 0.05) is 56.4 Å². The molecule has 81 heavy (non-hydrogen) atoms. The third-order valence-corrected chi connectivity index (χ3v) is 12.0. The van der Waals surface area contributed by atoms with Crippen LogP contribution >= 0.6 is 0 Å². The molecule has 0 saturated carbocycles. The van der Waals surface area contributed by atoms with Crippen LogP contribution in [0.1, 0.15) is 85.9 Å². The summed E-state index contributed by atoms with van der Waals surface area (Å²) in [5.74, 6) is -6.54. The quantitative estimate of drug-likeness (QED) is 0.0101. The zero-order valence-electron chi connectivity index (χ0n) is 45.7. The van der Waals surface area contributed by atoms with Crippen molar-refractivity contribution in [1.82, 2.24) is 37.2 Å². The van der Waals surface area contributed by atoms with Crippen molar-refractivity contribution < 1.29 is 47.9 Å². The maximum absolute atomic E-state index is 14.0. The van der Waals surface area contributed by atoms with Crippen LogP contribution in [0.15, 0.2) is 102 Å². The molecule has 28 nitrogen and oxygen atoms in total. The molecule has 0 radical (unpaired) electrons. The highest BCUT2D eigenvalue weighted by Crippen LogP contribution is 2.23. The largest absolute Gasteiger partial charge is 0.508 e. The number of fused-ring (bicyclic) bond motifs is 1. The van der Waals surface area contributed by atoms with E-state index >= 15 is 0 Å². The van der Waals surface area contributed by atoms with Gasteiger partial charge in [0.1, 0.15) is 41.1 Å². The monoisotopic (exact) mass is 1120 g/mol. The minimum atomic E-state index is -1.26. The number of aromatic hydroxyl groups is 1. The number of guanidine groups is 2. The maximum atomic E-state index is 14.0. The topological polar surface area (TPSA) is 454 Å². The van der Waals surface area contributed by atoms with Crippen molar-refractivity contribution in [1.29, 1.82) is 0 Å². The highest BCUT2D eigenvalue weighted by molar-refractivity contribution is 6.00. The highest BCUT2D eigenvalue weighted by atomic mass is 16.4. The normalized spacial score (nSPS) is 12.5. The van der Waals surface area contributed by atoms with Gasteiger partial charge in [0.25, 0.3) is 11.8 Å². The molecule has 0 aliphatic heterocycles. The molecule has 0 aliphatic carbocycles. The van der Waals surface area contributed by atoms with Crippen LogP contribution in [0.5, 0.6) is 5.75 Å². The summed E-state index contributed by atoms with van der Waals surface area (Å²) in [5, 5.41) is 36.5. The van der Waals surface area contributed by atoms with E-state index in [2.05, 4.69) is 57.4 Å². The second-order valence-electron chi connectivity index (χ2n) is 19.3. The van der Waals surface area contributed by atoms with E-state index in [-0.39, 0.29) is 98.5 Å². The first kappa shape index (κ1) is 63.9. The number of hydrogen-bond donors (Lipinski definition) is 13. The van der Waals surface area contributed by atoms with Gasteiger partial charge in [-0.3, -0.25) is 48.3 Å². The fourth-order valence-electron chi connectivity index (χ4n) is 7.72. The molecule has 0 saturated heterocycles. The molecule has 8 amide bonds. The number of carbonyl (C=O) groups excluding carboxylic acids is 8. The molecule has 28 heteroatoms. The number of aliphatic imine (C=N–C) groups is 2. The zero-order valence-corrected chi connectivity index (χ0v) is 45.7. The van der Waals surface area contributed by atoms with E-state index in [9.17, 15) is 48.3 Å². The zero-order chi connectivity index (χ0) is 59.6. The van der Waals surface area contributed by atoms with Crippen LogP contribution in [0.2, 0.25) is 0 Å².